The summed E-state index contributed by atoms with van der Waals surface area (Å²) in [6.45, 7) is 9.07. The van der Waals surface area contributed by atoms with Crippen molar-refractivity contribution in [3.63, 3.8) is 0 Å². The number of allylic oxidation sites excluding steroid dienone is 4. The van der Waals surface area contributed by atoms with Crippen LogP contribution < -0.4 is 0 Å². The Morgan fingerprint density at radius 1 is 1.18 bits per heavy atom. The second-order valence-corrected chi connectivity index (χ2v) is 3.89. The third-order valence-corrected chi connectivity index (χ3v) is 2.42. The normalized spacial score (nSPS) is 10.7. The number of hydrogen-bond acceptors (Lipinski definition) is 3. The largest absolute Gasteiger partial charge is 0.300 e. The minimum Gasteiger partial charge on any atom is -0.300 e. The molecule has 0 amide bonds. The zero-order valence-corrected chi connectivity index (χ0v) is 12.0. The molecule has 0 spiro atoms. The maximum absolute atomic E-state index is 11.3. The van der Waals surface area contributed by atoms with Gasteiger partial charge in [0.1, 0.15) is 5.78 Å². The number of Topliss-reactive ketones (excluding diaryl/α,β-unsaturated/α-hetero) is 1. The van der Waals surface area contributed by atoms with Crippen LogP contribution in [0.2, 0.25) is 0 Å². The quantitative estimate of drug-likeness (QED) is 0.510. The summed E-state index contributed by atoms with van der Waals surface area (Å²) in [6.07, 6.45) is 9.31. The first-order chi connectivity index (χ1) is 8.10. The predicted octanol–water partition coefficient (Wildman–Crippen LogP) is 3.94. The highest BCUT2D eigenvalue weighted by Crippen LogP contribution is 2.13. The molecule has 17 heavy (non-hydrogen) atoms. The smallest absolute Gasteiger partial charge is 0.156 e. The van der Waals surface area contributed by atoms with Crippen LogP contribution in [-0.4, -0.2) is 17.8 Å². The number of hydrogen-bond donors (Lipinski definition) is 0. The summed E-state index contributed by atoms with van der Waals surface area (Å²) in [5.41, 5.74) is 0. The molecular weight excluding hydrogens is 232 g/mol. The molecule has 0 rings (SSSR count). The summed E-state index contributed by atoms with van der Waals surface area (Å²) < 4.78 is 0. The van der Waals surface area contributed by atoms with E-state index in [1.807, 2.05) is 26.2 Å². The molecular formula is C14H22O2S. The van der Waals surface area contributed by atoms with E-state index in [2.05, 4.69) is 6.58 Å². The second kappa shape index (κ2) is 13.0. The van der Waals surface area contributed by atoms with Crippen LogP contribution in [0.5, 0.6) is 0 Å². The summed E-state index contributed by atoms with van der Waals surface area (Å²) in [5, 5.41) is 0. The maximum atomic E-state index is 11.3. The van der Waals surface area contributed by atoms with Gasteiger partial charge in [0.05, 0.1) is 0 Å². The first kappa shape index (κ1) is 18.3. The lowest BCUT2D eigenvalue weighted by Crippen LogP contribution is -1.97. The SMILES string of the molecule is C=C/C=C(/C=C/C(=O)CCC(C)=O)SC.CC. The van der Waals surface area contributed by atoms with E-state index in [9.17, 15) is 9.59 Å². The van der Waals surface area contributed by atoms with Crippen molar-refractivity contribution in [2.24, 2.45) is 0 Å². The molecule has 0 aromatic rings. The molecule has 0 saturated heterocycles. The zero-order valence-electron chi connectivity index (χ0n) is 11.2. The van der Waals surface area contributed by atoms with Gasteiger partial charge < -0.3 is 4.79 Å². The monoisotopic (exact) mass is 254 g/mol. The van der Waals surface area contributed by atoms with Crippen molar-refractivity contribution in [3.8, 4) is 0 Å². The molecule has 2 nitrogen and oxygen atoms in total. The Morgan fingerprint density at radius 3 is 2.18 bits per heavy atom. The number of thioether (sulfide) groups is 1. The van der Waals surface area contributed by atoms with E-state index in [1.165, 1.54) is 13.0 Å². The molecule has 0 saturated carbocycles. The van der Waals surface area contributed by atoms with Gasteiger partial charge in [-0.2, -0.15) is 0 Å². The Labute approximate surface area is 109 Å². The average molecular weight is 254 g/mol. The molecule has 0 radical (unpaired) electrons. The van der Waals surface area contributed by atoms with E-state index in [4.69, 9.17) is 0 Å². The van der Waals surface area contributed by atoms with Gasteiger partial charge in [0.2, 0.25) is 0 Å². The van der Waals surface area contributed by atoms with Gasteiger partial charge in [-0.1, -0.05) is 26.5 Å². The Hall–Kier alpha value is -1.09. The van der Waals surface area contributed by atoms with Crippen molar-refractivity contribution in [3.05, 3.63) is 35.8 Å². The van der Waals surface area contributed by atoms with Gasteiger partial charge in [0, 0.05) is 17.7 Å². The predicted molar refractivity (Wildman–Crippen MR) is 77.2 cm³/mol. The molecule has 0 atom stereocenters. The molecule has 0 N–H and O–H groups in total. The summed E-state index contributed by atoms with van der Waals surface area (Å²) in [6, 6.07) is 0. The average Bonchev–Trinajstić information content (AvgIpc) is 2.34. The number of ketones is 2. The van der Waals surface area contributed by atoms with Crippen molar-refractivity contribution in [1.82, 2.24) is 0 Å². The van der Waals surface area contributed by atoms with Crippen molar-refractivity contribution in [2.45, 2.75) is 33.6 Å². The fourth-order valence-electron chi connectivity index (χ4n) is 0.865. The molecule has 3 heteroatoms. The highest BCUT2D eigenvalue weighted by atomic mass is 32.2. The molecule has 0 unspecified atom stereocenters. The van der Waals surface area contributed by atoms with Crippen LogP contribution in [0.1, 0.15) is 33.6 Å². The van der Waals surface area contributed by atoms with Gasteiger partial charge >= 0.3 is 0 Å². The van der Waals surface area contributed by atoms with Crippen molar-refractivity contribution in [2.75, 3.05) is 6.26 Å². The third-order valence-electron chi connectivity index (χ3n) is 1.67. The van der Waals surface area contributed by atoms with Gasteiger partial charge in [-0.15, -0.1) is 11.8 Å². The summed E-state index contributed by atoms with van der Waals surface area (Å²) in [5.74, 6) is 0.0256. The topological polar surface area (TPSA) is 34.1 Å². The van der Waals surface area contributed by atoms with E-state index in [0.717, 1.165) is 4.91 Å². The molecule has 0 heterocycles. The molecule has 96 valence electrons. The van der Waals surface area contributed by atoms with Crippen LogP contribution in [0.3, 0.4) is 0 Å². The minimum absolute atomic E-state index is 0.0192. The van der Waals surface area contributed by atoms with Gasteiger partial charge in [-0.3, -0.25) is 4.79 Å². The highest BCUT2D eigenvalue weighted by molar-refractivity contribution is 8.02. The van der Waals surface area contributed by atoms with Crippen LogP contribution >= 0.6 is 11.8 Å². The van der Waals surface area contributed by atoms with Crippen molar-refractivity contribution >= 4 is 23.3 Å². The molecule has 0 fully saturated rings. The second-order valence-electron chi connectivity index (χ2n) is 3.01. The summed E-state index contributed by atoms with van der Waals surface area (Å²) in [7, 11) is 0. The van der Waals surface area contributed by atoms with E-state index in [1.54, 1.807) is 23.9 Å². The molecule has 0 bridgehead atoms. The third kappa shape index (κ3) is 12.8. The van der Waals surface area contributed by atoms with Crippen LogP contribution in [0, 0.1) is 0 Å². The fraction of sp³-hybridized carbons (Fsp3) is 0.429. The van der Waals surface area contributed by atoms with E-state index in [-0.39, 0.29) is 11.6 Å². The molecule has 0 aromatic heterocycles. The van der Waals surface area contributed by atoms with Gasteiger partial charge in [-0.25, -0.2) is 0 Å². The van der Waals surface area contributed by atoms with Gasteiger partial charge in [0.15, 0.2) is 5.78 Å². The van der Waals surface area contributed by atoms with E-state index >= 15 is 0 Å². The van der Waals surface area contributed by atoms with Crippen LogP contribution in [0.4, 0.5) is 0 Å². The highest BCUT2D eigenvalue weighted by Gasteiger charge is 1.99. The van der Waals surface area contributed by atoms with Gasteiger partial charge in [0.25, 0.3) is 0 Å². The lowest BCUT2D eigenvalue weighted by atomic mass is 10.1. The molecule has 0 aliphatic carbocycles. The molecule has 0 aliphatic rings. The molecule has 0 aromatic carbocycles. The first-order valence-corrected chi connectivity index (χ1v) is 6.89. The lowest BCUT2D eigenvalue weighted by Gasteiger charge is -1.94. The Balaban J connectivity index is 0. The lowest BCUT2D eigenvalue weighted by molar-refractivity contribution is -0.120. The van der Waals surface area contributed by atoms with Crippen LogP contribution in [0.15, 0.2) is 35.8 Å². The van der Waals surface area contributed by atoms with Crippen LogP contribution in [-0.2, 0) is 9.59 Å². The molecule has 0 aliphatic heterocycles. The number of carbonyl (C=O) groups is 2. The van der Waals surface area contributed by atoms with Crippen molar-refractivity contribution in [1.29, 1.82) is 0 Å². The standard InChI is InChI=1S/C12H16O2S.C2H6/c1-4-5-12(15-3)9-8-11(14)7-6-10(2)13;1-2/h4-5,8-9H,1,6-7H2,2-3H3;1-2H3/b9-8+,12-5-;. The van der Waals surface area contributed by atoms with Crippen LogP contribution in [0.25, 0.3) is 0 Å². The van der Waals surface area contributed by atoms with Gasteiger partial charge in [-0.05, 0) is 31.4 Å². The maximum Gasteiger partial charge on any atom is 0.156 e. The number of rotatable bonds is 7. The Morgan fingerprint density at radius 2 is 1.76 bits per heavy atom. The fourth-order valence-corrected chi connectivity index (χ4v) is 1.30. The zero-order chi connectivity index (χ0) is 13.7. The summed E-state index contributed by atoms with van der Waals surface area (Å²) >= 11 is 1.54. The minimum atomic E-state index is -0.0192. The van der Waals surface area contributed by atoms with Crippen molar-refractivity contribution < 1.29 is 9.59 Å². The van der Waals surface area contributed by atoms with E-state index in [0.29, 0.717) is 12.8 Å². The van der Waals surface area contributed by atoms with E-state index < -0.39 is 0 Å². The Bertz CT molecular complexity index is 301. The Kier molecular flexibility index (Phi) is 14.0. The summed E-state index contributed by atoms with van der Waals surface area (Å²) in [4.78, 5) is 22.9. The first-order valence-electron chi connectivity index (χ1n) is 5.67. The number of carbonyl (C=O) groups excluding carboxylic acids is 2.